The van der Waals surface area contributed by atoms with Gasteiger partial charge in [-0.2, -0.15) is 0 Å². The maximum Gasteiger partial charge on any atom is 0.244 e. The molecule has 0 bridgehead atoms. The SMILES string of the molecule is CC(C)CNC(=O)[C@@H](Cc1ccccc1)N(Cc1ccc(Cl)cc1Cl)C(=O)CN(c1cccc(Br)c1)S(C)(=O)=O. The summed E-state index contributed by atoms with van der Waals surface area (Å²) in [4.78, 5) is 29.1. The van der Waals surface area contributed by atoms with Gasteiger partial charge in [-0.25, -0.2) is 8.42 Å². The molecule has 0 fully saturated rings. The molecule has 1 atom stereocenters. The number of nitrogens with one attached hydrogen (secondary N) is 1. The van der Waals surface area contributed by atoms with Crippen molar-refractivity contribution in [1.82, 2.24) is 10.2 Å². The van der Waals surface area contributed by atoms with Crippen LogP contribution in [0.1, 0.15) is 25.0 Å². The molecule has 0 spiro atoms. The van der Waals surface area contributed by atoms with Crippen molar-refractivity contribution in [3.05, 3.63) is 98.4 Å². The number of nitrogens with zero attached hydrogens (tertiary/aromatic N) is 2. The van der Waals surface area contributed by atoms with Gasteiger partial charge < -0.3 is 10.2 Å². The Kier molecular flexibility index (Phi) is 11.5. The monoisotopic (exact) mass is 667 g/mol. The second-order valence-electron chi connectivity index (χ2n) is 9.85. The van der Waals surface area contributed by atoms with Gasteiger partial charge in [0.2, 0.25) is 21.8 Å². The zero-order valence-electron chi connectivity index (χ0n) is 22.5. The molecule has 2 amide bonds. The summed E-state index contributed by atoms with van der Waals surface area (Å²) in [6.45, 7) is 3.83. The molecule has 0 saturated carbocycles. The van der Waals surface area contributed by atoms with E-state index in [1.54, 1.807) is 42.5 Å². The van der Waals surface area contributed by atoms with Crippen LogP contribution < -0.4 is 9.62 Å². The van der Waals surface area contributed by atoms with E-state index in [2.05, 4.69) is 21.2 Å². The summed E-state index contributed by atoms with van der Waals surface area (Å²) in [5, 5.41) is 3.71. The second-order valence-corrected chi connectivity index (χ2v) is 13.5. The van der Waals surface area contributed by atoms with E-state index in [9.17, 15) is 18.0 Å². The largest absolute Gasteiger partial charge is 0.354 e. The van der Waals surface area contributed by atoms with Gasteiger partial charge in [0.25, 0.3) is 0 Å². The molecular formula is C29H32BrCl2N3O4S. The van der Waals surface area contributed by atoms with E-state index in [1.165, 1.54) is 4.90 Å². The van der Waals surface area contributed by atoms with Crippen molar-refractivity contribution in [2.45, 2.75) is 32.9 Å². The first kappa shape index (κ1) is 31.9. The molecule has 11 heteroatoms. The highest BCUT2D eigenvalue weighted by Gasteiger charge is 2.33. The van der Waals surface area contributed by atoms with Crippen molar-refractivity contribution in [3.63, 3.8) is 0 Å². The Balaban J connectivity index is 2.07. The fourth-order valence-electron chi connectivity index (χ4n) is 4.05. The molecule has 1 N–H and O–H groups in total. The maximum atomic E-state index is 14.1. The number of hydrogen-bond donors (Lipinski definition) is 1. The summed E-state index contributed by atoms with van der Waals surface area (Å²) in [6.07, 6.45) is 1.26. The van der Waals surface area contributed by atoms with E-state index in [-0.39, 0.29) is 24.8 Å². The van der Waals surface area contributed by atoms with Gasteiger partial charge in [0.05, 0.1) is 11.9 Å². The van der Waals surface area contributed by atoms with E-state index >= 15 is 0 Å². The average Bonchev–Trinajstić information content (AvgIpc) is 2.88. The third kappa shape index (κ3) is 9.23. The molecule has 0 aliphatic carbocycles. The van der Waals surface area contributed by atoms with Gasteiger partial charge in [-0.3, -0.25) is 13.9 Å². The molecule has 3 aromatic carbocycles. The van der Waals surface area contributed by atoms with Crippen molar-refractivity contribution >= 4 is 66.7 Å². The first-order valence-electron chi connectivity index (χ1n) is 12.6. The molecule has 3 aromatic rings. The van der Waals surface area contributed by atoms with Gasteiger partial charge in [0.1, 0.15) is 12.6 Å². The summed E-state index contributed by atoms with van der Waals surface area (Å²) in [5.41, 5.74) is 1.74. The van der Waals surface area contributed by atoms with Crippen LogP contribution in [-0.2, 0) is 32.6 Å². The lowest BCUT2D eigenvalue weighted by Gasteiger charge is -2.34. The Bertz CT molecular complexity index is 1440. The maximum absolute atomic E-state index is 14.1. The minimum atomic E-state index is -3.86. The lowest BCUT2D eigenvalue weighted by molar-refractivity contribution is -0.140. The zero-order chi connectivity index (χ0) is 29.4. The van der Waals surface area contributed by atoms with Crippen LogP contribution in [0.25, 0.3) is 0 Å². The van der Waals surface area contributed by atoms with E-state index in [0.29, 0.717) is 32.3 Å². The summed E-state index contributed by atoms with van der Waals surface area (Å²) in [7, 11) is -3.86. The number of carbonyl (C=O) groups excluding carboxylic acids is 2. The predicted octanol–water partition coefficient (Wildman–Crippen LogP) is 5.93. The number of hydrogen-bond acceptors (Lipinski definition) is 4. The normalized spacial score (nSPS) is 12.2. The molecule has 0 aromatic heterocycles. The minimum absolute atomic E-state index is 0.0302. The summed E-state index contributed by atoms with van der Waals surface area (Å²) in [6, 6.07) is 20.0. The zero-order valence-corrected chi connectivity index (χ0v) is 26.4. The number of anilines is 1. The molecule has 214 valence electrons. The van der Waals surface area contributed by atoms with Crippen LogP contribution in [0.5, 0.6) is 0 Å². The van der Waals surface area contributed by atoms with E-state index in [1.807, 2.05) is 44.2 Å². The van der Waals surface area contributed by atoms with Gasteiger partial charge in [-0.15, -0.1) is 0 Å². The van der Waals surface area contributed by atoms with Crippen molar-refractivity contribution in [2.75, 3.05) is 23.7 Å². The molecule has 3 rings (SSSR count). The lowest BCUT2D eigenvalue weighted by atomic mass is 10.0. The first-order chi connectivity index (χ1) is 18.8. The molecule has 40 heavy (non-hydrogen) atoms. The van der Waals surface area contributed by atoms with Crippen LogP contribution in [0.4, 0.5) is 5.69 Å². The molecule has 0 aliphatic rings. The Morgan fingerprint density at radius 1 is 0.975 bits per heavy atom. The molecule has 0 saturated heterocycles. The molecular weight excluding hydrogens is 637 g/mol. The summed E-state index contributed by atoms with van der Waals surface area (Å²) in [5.74, 6) is -0.713. The number of rotatable bonds is 12. The fraction of sp³-hybridized carbons (Fsp3) is 0.310. The number of benzene rings is 3. The van der Waals surface area contributed by atoms with Gasteiger partial charge in [0.15, 0.2) is 0 Å². The third-order valence-electron chi connectivity index (χ3n) is 6.09. The van der Waals surface area contributed by atoms with Crippen molar-refractivity contribution < 1.29 is 18.0 Å². The van der Waals surface area contributed by atoms with Crippen LogP contribution in [0.15, 0.2) is 77.3 Å². The number of halogens is 3. The van der Waals surface area contributed by atoms with Crippen LogP contribution in [0.3, 0.4) is 0 Å². The molecule has 0 aliphatic heterocycles. The number of amides is 2. The Morgan fingerprint density at radius 2 is 1.68 bits per heavy atom. The predicted molar refractivity (Wildman–Crippen MR) is 165 cm³/mol. The van der Waals surface area contributed by atoms with Crippen LogP contribution in [-0.4, -0.2) is 50.5 Å². The Hall–Kier alpha value is -2.59. The van der Waals surface area contributed by atoms with Crippen molar-refractivity contribution in [3.8, 4) is 0 Å². The average molecular weight is 669 g/mol. The van der Waals surface area contributed by atoms with Crippen molar-refractivity contribution in [2.24, 2.45) is 5.92 Å². The second kappa shape index (κ2) is 14.3. The third-order valence-corrected chi connectivity index (χ3v) is 8.31. The van der Waals surface area contributed by atoms with Crippen LogP contribution in [0, 0.1) is 5.92 Å². The highest BCUT2D eigenvalue weighted by molar-refractivity contribution is 9.10. The highest BCUT2D eigenvalue weighted by Crippen LogP contribution is 2.26. The Morgan fingerprint density at radius 3 is 2.27 bits per heavy atom. The van der Waals surface area contributed by atoms with Gasteiger partial charge in [-0.1, -0.05) is 95.4 Å². The van der Waals surface area contributed by atoms with Gasteiger partial charge >= 0.3 is 0 Å². The number of carbonyl (C=O) groups is 2. The van der Waals surface area contributed by atoms with Gasteiger partial charge in [-0.05, 0) is 47.4 Å². The highest BCUT2D eigenvalue weighted by atomic mass is 79.9. The van der Waals surface area contributed by atoms with E-state index in [0.717, 1.165) is 16.1 Å². The molecule has 0 radical (unpaired) electrons. The topological polar surface area (TPSA) is 86.8 Å². The standard InChI is InChI=1S/C29H32BrCl2N3O4S/c1-20(2)17-33-29(37)27(14-21-8-5-4-6-9-21)34(18-22-12-13-24(31)16-26(22)32)28(36)19-35(40(3,38)39)25-11-7-10-23(30)15-25/h4-13,15-16,20,27H,14,17-19H2,1-3H3,(H,33,37)/t27-/m1/s1. The van der Waals surface area contributed by atoms with Crippen LogP contribution in [0.2, 0.25) is 10.0 Å². The summed E-state index contributed by atoms with van der Waals surface area (Å²) < 4.78 is 27.4. The number of sulfonamides is 1. The summed E-state index contributed by atoms with van der Waals surface area (Å²) >= 11 is 15.9. The fourth-order valence-corrected chi connectivity index (χ4v) is 5.75. The Labute approximate surface area is 254 Å². The molecule has 7 nitrogen and oxygen atoms in total. The van der Waals surface area contributed by atoms with E-state index in [4.69, 9.17) is 23.2 Å². The van der Waals surface area contributed by atoms with Crippen LogP contribution >= 0.6 is 39.1 Å². The first-order valence-corrected chi connectivity index (χ1v) is 16.0. The lowest BCUT2D eigenvalue weighted by Crippen LogP contribution is -2.53. The minimum Gasteiger partial charge on any atom is -0.354 e. The van der Waals surface area contributed by atoms with E-state index < -0.39 is 28.5 Å². The van der Waals surface area contributed by atoms with Crippen molar-refractivity contribution in [1.29, 1.82) is 0 Å². The quantitative estimate of drug-likeness (QED) is 0.259. The smallest absolute Gasteiger partial charge is 0.244 e. The molecule has 0 unspecified atom stereocenters. The molecule has 0 heterocycles. The van der Waals surface area contributed by atoms with Gasteiger partial charge in [0, 0.05) is 34.0 Å².